The van der Waals surface area contributed by atoms with E-state index in [4.69, 9.17) is 4.74 Å². The molecule has 0 bridgehead atoms. The number of nitrogens with zero attached hydrogens (tertiary/aromatic N) is 2. The van der Waals surface area contributed by atoms with E-state index in [1.54, 1.807) is 11.3 Å². The molecule has 18 heavy (non-hydrogen) atoms. The molecule has 0 radical (unpaired) electrons. The van der Waals surface area contributed by atoms with Crippen LogP contribution in [0.4, 0.5) is 5.95 Å². The van der Waals surface area contributed by atoms with Crippen LogP contribution in [-0.4, -0.2) is 23.1 Å². The van der Waals surface area contributed by atoms with Crippen molar-refractivity contribution >= 4 is 27.5 Å². The van der Waals surface area contributed by atoms with Gasteiger partial charge in [0.25, 0.3) is 0 Å². The molecule has 0 aliphatic heterocycles. The van der Waals surface area contributed by atoms with Gasteiger partial charge < -0.3 is 10.1 Å². The van der Waals surface area contributed by atoms with Crippen LogP contribution in [0.3, 0.4) is 0 Å². The van der Waals surface area contributed by atoms with E-state index >= 15 is 0 Å². The van der Waals surface area contributed by atoms with E-state index in [9.17, 15) is 0 Å². The third-order valence-corrected chi connectivity index (χ3v) is 3.20. The van der Waals surface area contributed by atoms with Crippen LogP contribution in [0.2, 0.25) is 0 Å². The molecule has 4 nitrogen and oxygen atoms in total. The summed E-state index contributed by atoms with van der Waals surface area (Å²) >= 11 is 1.59. The monoisotopic (exact) mass is 263 g/mol. The molecule has 0 amide bonds. The van der Waals surface area contributed by atoms with Crippen LogP contribution < -0.4 is 10.1 Å². The lowest BCUT2D eigenvalue weighted by molar-refractivity contribution is 0.313. The number of hydrogen-bond donors (Lipinski definition) is 1. The van der Waals surface area contributed by atoms with Crippen LogP contribution in [0.5, 0.6) is 5.88 Å². The lowest BCUT2D eigenvalue weighted by Crippen LogP contribution is -2.05. The molecule has 1 N–H and O–H groups in total. The van der Waals surface area contributed by atoms with Gasteiger partial charge in [0.1, 0.15) is 4.83 Å². The highest BCUT2D eigenvalue weighted by molar-refractivity contribution is 7.16. The molecule has 0 aliphatic rings. The van der Waals surface area contributed by atoms with Crippen molar-refractivity contribution in [2.24, 2.45) is 0 Å². The molecule has 0 aromatic carbocycles. The van der Waals surface area contributed by atoms with E-state index in [1.165, 1.54) is 0 Å². The van der Waals surface area contributed by atoms with E-state index in [1.807, 2.05) is 25.3 Å². The van der Waals surface area contributed by atoms with Crippen LogP contribution in [0.15, 0.2) is 23.6 Å². The molecule has 0 unspecified atom stereocenters. The van der Waals surface area contributed by atoms with Gasteiger partial charge in [-0.3, -0.25) is 0 Å². The van der Waals surface area contributed by atoms with Crippen molar-refractivity contribution < 1.29 is 4.74 Å². The predicted octanol–water partition coefficient (Wildman–Crippen LogP) is 3.47. The SMILES string of the molecule is C=C(C)CCOc1nc(NCC)nc2sccc12. The topological polar surface area (TPSA) is 47.0 Å². The van der Waals surface area contributed by atoms with E-state index in [2.05, 4.69) is 21.9 Å². The van der Waals surface area contributed by atoms with Crippen molar-refractivity contribution in [2.75, 3.05) is 18.5 Å². The fourth-order valence-electron chi connectivity index (χ4n) is 1.50. The Morgan fingerprint density at radius 1 is 1.50 bits per heavy atom. The summed E-state index contributed by atoms with van der Waals surface area (Å²) in [5.74, 6) is 1.27. The molecule has 0 aliphatic carbocycles. The zero-order valence-corrected chi connectivity index (χ0v) is 11.5. The van der Waals surface area contributed by atoms with Crippen molar-refractivity contribution in [1.82, 2.24) is 9.97 Å². The van der Waals surface area contributed by atoms with Gasteiger partial charge in [-0.1, -0.05) is 5.57 Å². The van der Waals surface area contributed by atoms with Gasteiger partial charge in [0.2, 0.25) is 11.8 Å². The van der Waals surface area contributed by atoms with E-state index < -0.39 is 0 Å². The largest absolute Gasteiger partial charge is 0.477 e. The molecule has 0 spiro atoms. The maximum atomic E-state index is 5.73. The van der Waals surface area contributed by atoms with Gasteiger partial charge in [-0.05, 0) is 25.3 Å². The Morgan fingerprint density at radius 3 is 3.06 bits per heavy atom. The molecule has 5 heteroatoms. The van der Waals surface area contributed by atoms with Gasteiger partial charge in [0.05, 0.1) is 12.0 Å². The van der Waals surface area contributed by atoms with Crippen LogP contribution in [0, 0.1) is 0 Å². The van der Waals surface area contributed by atoms with Crippen molar-refractivity contribution in [3.63, 3.8) is 0 Å². The lowest BCUT2D eigenvalue weighted by Gasteiger charge is -2.08. The number of thiophene rings is 1. The highest BCUT2D eigenvalue weighted by atomic mass is 32.1. The summed E-state index contributed by atoms with van der Waals surface area (Å²) in [4.78, 5) is 9.77. The summed E-state index contributed by atoms with van der Waals surface area (Å²) in [6, 6.07) is 1.99. The van der Waals surface area contributed by atoms with Crippen molar-refractivity contribution in [1.29, 1.82) is 0 Å². The molecule has 2 heterocycles. The van der Waals surface area contributed by atoms with Crippen molar-refractivity contribution in [3.05, 3.63) is 23.6 Å². The van der Waals surface area contributed by atoms with Crippen LogP contribution in [0.25, 0.3) is 10.2 Å². The zero-order valence-electron chi connectivity index (χ0n) is 10.7. The van der Waals surface area contributed by atoms with Crippen LogP contribution >= 0.6 is 11.3 Å². The Morgan fingerprint density at radius 2 is 2.33 bits per heavy atom. The third kappa shape index (κ3) is 2.98. The minimum atomic E-state index is 0.600. The van der Waals surface area contributed by atoms with Crippen LogP contribution in [-0.2, 0) is 0 Å². The second kappa shape index (κ2) is 5.82. The molecule has 0 fully saturated rings. The maximum absolute atomic E-state index is 5.73. The molecular formula is C13H17N3OS. The Bertz CT molecular complexity index is 550. The minimum absolute atomic E-state index is 0.600. The summed E-state index contributed by atoms with van der Waals surface area (Å²) in [7, 11) is 0. The Balaban J connectivity index is 2.22. The van der Waals surface area contributed by atoms with Gasteiger partial charge in [0, 0.05) is 13.0 Å². The second-order valence-corrected chi connectivity index (χ2v) is 4.97. The predicted molar refractivity (Wildman–Crippen MR) is 76.5 cm³/mol. The van der Waals surface area contributed by atoms with Gasteiger partial charge >= 0.3 is 0 Å². The molecule has 2 rings (SSSR count). The number of ether oxygens (including phenoxy) is 1. The Kier molecular flexibility index (Phi) is 4.15. The molecule has 0 atom stereocenters. The third-order valence-electron chi connectivity index (χ3n) is 2.39. The second-order valence-electron chi connectivity index (χ2n) is 4.08. The van der Waals surface area contributed by atoms with Gasteiger partial charge in [-0.15, -0.1) is 17.9 Å². The normalized spacial score (nSPS) is 10.6. The van der Waals surface area contributed by atoms with Crippen LogP contribution in [0.1, 0.15) is 20.3 Å². The summed E-state index contributed by atoms with van der Waals surface area (Å²) < 4.78 is 5.73. The quantitative estimate of drug-likeness (QED) is 0.811. The summed E-state index contributed by atoms with van der Waals surface area (Å²) in [5.41, 5.74) is 1.11. The van der Waals surface area contributed by atoms with Gasteiger partial charge in [-0.2, -0.15) is 4.98 Å². The molecule has 0 saturated carbocycles. The summed E-state index contributed by atoms with van der Waals surface area (Å²) in [6.45, 7) is 9.27. The molecule has 2 aromatic rings. The molecule has 2 aromatic heterocycles. The smallest absolute Gasteiger partial charge is 0.227 e. The van der Waals surface area contributed by atoms with E-state index in [-0.39, 0.29) is 0 Å². The average molecular weight is 263 g/mol. The standard InChI is InChI=1S/C13H17N3OS/c1-4-14-13-15-11(17-7-5-9(2)3)10-6-8-18-12(10)16-13/h6,8H,2,4-5,7H2,1,3H3,(H,14,15,16). The number of nitrogens with one attached hydrogen (secondary N) is 1. The first-order chi connectivity index (χ1) is 8.70. The first kappa shape index (κ1) is 12.8. The summed E-state index contributed by atoms with van der Waals surface area (Å²) in [5, 5.41) is 6.09. The molecule has 0 saturated heterocycles. The van der Waals surface area contributed by atoms with Gasteiger partial charge in [-0.25, -0.2) is 4.98 Å². The van der Waals surface area contributed by atoms with Crippen molar-refractivity contribution in [2.45, 2.75) is 20.3 Å². The highest BCUT2D eigenvalue weighted by Crippen LogP contribution is 2.28. The van der Waals surface area contributed by atoms with Crippen molar-refractivity contribution in [3.8, 4) is 5.88 Å². The van der Waals surface area contributed by atoms with Gasteiger partial charge in [0.15, 0.2) is 0 Å². The number of hydrogen-bond acceptors (Lipinski definition) is 5. The number of rotatable bonds is 6. The van der Waals surface area contributed by atoms with E-state index in [0.717, 1.165) is 28.8 Å². The Labute approximate surface area is 111 Å². The maximum Gasteiger partial charge on any atom is 0.227 e. The number of anilines is 1. The fourth-order valence-corrected chi connectivity index (χ4v) is 2.25. The number of fused-ring (bicyclic) bond motifs is 1. The minimum Gasteiger partial charge on any atom is -0.477 e. The lowest BCUT2D eigenvalue weighted by atomic mass is 10.3. The first-order valence-electron chi connectivity index (χ1n) is 5.97. The fraction of sp³-hybridized carbons (Fsp3) is 0.385. The van der Waals surface area contributed by atoms with E-state index in [0.29, 0.717) is 18.4 Å². The average Bonchev–Trinajstić information content (AvgIpc) is 2.77. The highest BCUT2D eigenvalue weighted by Gasteiger charge is 2.09. The number of aromatic nitrogens is 2. The molecule has 96 valence electrons. The molecular weight excluding hydrogens is 246 g/mol. The zero-order chi connectivity index (χ0) is 13.0. The first-order valence-corrected chi connectivity index (χ1v) is 6.85. The Hall–Kier alpha value is -1.62. The summed E-state index contributed by atoms with van der Waals surface area (Å²) in [6.07, 6.45) is 0.839.